The number of rotatable bonds is 2. The molecule has 0 saturated heterocycles. The SMILES string of the molecule is CCOC(=O)c1[c]c2cc3ccccc3cc2cc1. The third-order valence-electron chi connectivity index (χ3n) is 3.11. The van der Waals surface area contributed by atoms with E-state index in [2.05, 4.69) is 24.3 Å². The molecule has 0 unspecified atom stereocenters. The van der Waals surface area contributed by atoms with E-state index in [9.17, 15) is 4.79 Å². The van der Waals surface area contributed by atoms with Crippen LogP contribution in [0.5, 0.6) is 0 Å². The van der Waals surface area contributed by atoms with Crippen molar-refractivity contribution < 1.29 is 9.53 Å². The molecule has 0 amide bonds. The van der Waals surface area contributed by atoms with Gasteiger partial charge < -0.3 is 4.74 Å². The van der Waals surface area contributed by atoms with Crippen molar-refractivity contribution in [3.8, 4) is 0 Å². The first-order chi connectivity index (χ1) is 9.28. The lowest BCUT2D eigenvalue weighted by molar-refractivity contribution is 0.0526. The Balaban J connectivity index is 2.16. The Kier molecular flexibility index (Phi) is 2.92. The van der Waals surface area contributed by atoms with Gasteiger partial charge in [-0.25, -0.2) is 4.79 Å². The van der Waals surface area contributed by atoms with E-state index in [0.29, 0.717) is 12.2 Å². The maximum Gasteiger partial charge on any atom is 0.338 e. The Bertz CT molecular complexity index is 759. The fraction of sp³-hybridized carbons (Fsp3) is 0.118. The van der Waals surface area contributed by atoms with Gasteiger partial charge >= 0.3 is 5.97 Å². The molecule has 3 aromatic carbocycles. The van der Waals surface area contributed by atoms with Crippen molar-refractivity contribution in [2.45, 2.75) is 6.92 Å². The lowest BCUT2D eigenvalue weighted by atomic mass is 10.0. The highest BCUT2D eigenvalue weighted by atomic mass is 16.5. The average Bonchev–Trinajstić information content (AvgIpc) is 2.44. The Morgan fingerprint density at radius 2 is 1.79 bits per heavy atom. The summed E-state index contributed by atoms with van der Waals surface area (Å²) in [5, 5.41) is 4.34. The van der Waals surface area contributed by atoms with Crippen molar-refractivity contribution in [2.24, 2.45) is 0 Å². The highest BCUT2D eigenvalue weighted by Crippen LogP contribution is 2.23. The lowest BCUT2D eigenvalue weighted by Crippen LogP contribution is -2.04. The van der Waals surface area contributed by atoms with E-state index in [1.807, 2.05) is 24.3 Å². The molecule has 0 aromatic heterocycles. The van der Waals surface area contributed by atoms with E-state index in [-0.39, 0.29) is 5.97 Å². The summed E-state index contributed by atoms with van der Waals surface area (Å²) in [5.41, 5.74) is 0.477. The summed E-state index contributed by atoms with van der Waals surface area (Å²) in [6, 6.07) is 19.1. The summed E-state index contributed by atoms with van der Waals surface area (Å²) < 4.78 is 4.99. The van der Waals surface area contributed by atoms with Gasteiger partial charge in [0.05, 0.1) is 12.2 Å². The van der Waals surface area contributed by atoms with E-state index in [4.69, 9.17) is 4.74 Å². The van der Waals surface area contributed by atoms with Crippen molar-refractivity contribution in [1.82, 2.24) is 0 Å². The second kappa shape index (κ2) is 4.73. The summed E-state index contributed by atoms with van der Waals surface area (Å²) in [6.07, 6.45) is 0. The molecule has 0 heterocycles. The summed E-state index contributed by atoms with van der Waals surface area (Å²) in [7, 11) is 0. The van der Waals surface area contributed by atoms with Crippen LogP contribution in [-0.4, -0.2) is 12.6 Å². The predicted octanol–water partition coefficient (Wildman–Crippen LogP) is 3.97. The van der Waals surface area contributed by atoms with Gasteiger partial charge in [0.2, 0.25) is 0 Å². The summed E-state index contributed by atoms with van der Waals surface area (Å²) in [5.74, 6) is -0.322. The smallest absolute Gasteiger partial charge is 0.338 e. The summed E-state index contributed by atoms with van der Waals surface area (Å²) >= 11 is 0. The number of carbonyl (C=O) groups is 1. The number of esters is 1. The molecule has 3 aromatic rings. The van der Waals surface area contributed by atoms with E-state index in [0.717, 1.165) is 16.2 Å². The Morgan fingerprint density at radius 1 is 1.05 bits per heavy atom. The molecule has 19 heavy (non-hydrogen) atoms. The molecule has 0 atom stereocenters. The molecule has 2 heteroatoms. The summed E-state index contributed by atoms with van der Waals surface area (Å²) in [6.45, 7) is 2.18. The third kappa shape index (κ3) is 2.17. The molecule has 0 aliphatic heterocycles. The fourth-order valence-corrected chi connectivity index (χ4v) is 2.19. The van der Waals surface area contributed by atoms with Gasteiger partial charge in [0.15, 0.2) is 0 Å². The van der Waals surface area contributed by atoms with E-state index in [1.54, 1.807) is 13.0 Å². The van der Waals surface area contributed by atoms with Gasteiger partial charge in [-0.15, -0.1) is 0 Å². The molecule has 3 rings (SSSR count). The fourth-order valence-electron chi connectivity index (χ4n) is 2.19. The molecule has 1 radical (unpaired) electrons. The number of ether oxygens (including phenoxy) is 1. The lowest BCUT2D eigenvalue weighted by Gasteiger charge is -2.05. The number of hydrogen-bond acceptors (Lipinski definition) is 2. The second-order valence-electron chi connectivity index (χ2n) is 4.38. The molecule has 0 aliphatic carbocycles. The monoisotopic (exact) mass is 249 g/mol. The zero-order valence-corrected chi connectivity index (χ0v) is 10.6. The molecule has 2 nitrogen and oxygen atoms in total. The van der Waals surface area contributed by atoms with Gasteiger partial charge in [0.1, 0.15) is 0 Å². The largest absolute Gasteiger partial charge is 0.462 e. The number of carbonyl (C=O) groups excluding carboxylic acids is 1. The summed E-state index contributed by atoms with van der Waals surface area (Å²) in [4.78, 5) is 11.7. The third-order valence-corrected chi connectivity index (χ3v) is 3.11. The molecular formula is C17H13O2. The first-order valence-electron chi connectivity index (χ1n) is 6.30. The molecule has 0 spiro atoms. The van der Waals surface area contributed by atoms with Crippen LogP contribution in [0.3, 0.4) is 0 Å². The van der Waals surface area contributed by atoms with Gasteiger partial charge in [-0.1, -0.05) is 30.3 Å². The van der Waals surface area contributed by atoms with Crippen molar-refractivity contribution in [3.63, 3.8) is 0 Å². The van der Waals surface area contributed by atoms with Gasteiger partial charge in [0, 0.05) is 6.07 Å². The zero-order valence-electron chi connectivity index (χ0n) is 10.6. The van der Waals surface area contributed by atoms with Crippen molar-refractivity contribution in [3.05, 3.63) is 60.2 Å². The molecule has 0 aliphatic rings. The van der Waals surface area contributed by atoms with E-state index < -0.39 is 0 Å². The number of benzene rings is 3. The highest BCUT2D eigenvalue weighted by Gasteiger charge is 2.07. The van der Waals surface area contributed by atoms with Crippen molar-refractivity contribution >= 4 is 27.5 Å². The van der Waals surface area contributed by atoms with E-state index >= 15 is 0 Å². The van der Waals surface area contributed by atoms with Crippen LogP contribution in [0, 0.1) is 6.07 Å². The van der Waals surface area contributed by atoms with Crippen LogP contribution in [0.1, 0.15) is 17.3 Å². The minimum atomic E-state index is -0.322. The number of hydrogen-bond donors (Lipinski definition) is 0. The van der Waals surface area contributed by atoms with Crippen LogP contribution < -0.4 is 0 Å². The predicted molar refractivity (Wildman–Crippen MR) is 76.2 cm³/mol. The zero-order chi connectivity index (χ0) is 13.2. The Morgan fingerprint density at radius 3 is 2.53 bits per heavy atom. The van der Waals surface area contributed by atoms with Crippen LogP contribution in [0.15, 0.2) is 48.5 Å². The van der Waals surface area contributed by atoms with Gasteiger partial charge in [-0.3, -0.25) is 0 Å². The minimum Gasteiger partial charge on any atom is -0.462 e. The van der Waals surface area contributed by atoms with Crippen LogP contribution in [0.2, 0.25) is 0 Å². The maximum atomic E-state index is 11.7. The van der Waals surface area contributed by atoms with Crippen LogP contribution in [0.25, 0.3) is 21.5 Å². The van der Waals surface area contributed by atoms with Crippen LogP contribution >= 0.6 is 0 Å². The number of fused-ring (bicyclic) bond motifs is 2. The van der Waals surface area contributed by atoms with E-state index in [1.165, 1.54) is 5.39 Å². The maximum absolute atomic E-state index is 11.7. The Hall–Kier alpha value is -2.35. The van der Waals surface area contributed by atoms with Gasteiger partial charge in [-0.05, 0) is 46.7 Å². The highest BCUT2D eigenvalue weighted by molar-refractivity contribution is 6.01. The van der Waals surface area contributed by atoms with Crippen LogP contribution in [-0.2, 0) is 4.74 Å². The van der Waals surface area contributed by atoms with Crippen molar-refractivity contribution in [1.29, 1.82) is 0 Å². The molecular weight excluding hydrogens is 236 g/mol. The minimum absolute atomic E-state index is 0.322. The van der Waals surface area contributed by atoms with Gasteiger partial charge in [0.25, 0.3) is 0 Å². The topological polar surface area (TPSA) is 26.3 Å². The average molecular weight is 249 g/mol. The molecule has 0 saturated carbocycles. The van der Waals surface area contributed by atoms with Gasteiger partial charge in [-0.2, -0.15) is 0 Å². The second-order valence-corrected chi connectivity index (χ2v) is 4.38. The Labute approximate surface area is 111 Å². The quantitative estimate of drug-likeness (QED) is 0.507. The normalized spacial score (nSPS) is 10.8. The van der Waals surface area contributed by atoms with Crippen LogP contribution in [0.4, 0.5) is 0 Å². The molecule has 93 valence electrons. The first-order valence-corrected chi connectivity index (χ1v) is 6.30. The molecule has 0 bridgehead atoms. The van der Waals surface area contributed by atoms with Crippen molar-refractivity contribution in [2.75, 3.05) is 6.61 Å². The molecule has 0 fully saturated rings. The first kappa shape index (κ1) is 11.7. The standard InChI is InChI=1S/C17H13O2/c1-2-19-17(18)15-8-7-14-9-12-5-3-4-6-13(12)10-16(14)11-15/h3-10H,2H2,1H3. The molecule has 0 N–H and O–H groups in total.